The predicted molar refractivity (Wildman–Crippen MR) is 89.0 cm³/mol. The van der Waals surface area contributed by atoms with E-state index in [9.17, 15) is 4.79 Å². The molecule has 1 aromatic carbocycles. The molecule has 1 saturated heterocycles. The van der Waals surface area contributed by atoms with E-state index in [4.69, 9.17) is 0 Å². The van der Waals surface area contributed by atoms with Gasteiger partial charge in [0.1, 0.15) is 0 Å². The molecule has 4 heteroatoms. The maximum atomic E-state index is 12.1. The SMILES string of the molecule is CCN(CC)c1ccc(NCC(=O)N2CCCC2)c(C)c1. The monoisotopic (exact) mass is 289 g/mol. The molecule has 1 fully saturated rings. The fourth-order valence-electron chi connectivity index (χ4n) is 2.88. The zero-order valence-electron chi connectivity index (χ0n) is 13.5. The molecule has 0 radical (unpaired) electrons. The van der Waals surface area contributed by atoms with Gasteiger partial charge in [0.25, 0.3) is 0 Å². The lowest BCUT2D eigenvalue weighted by Crippen LogP contribution is -2.33. The number of nitrogens with one attached hydrogen (secondary N) is 1. The number of aryl methyl sites for hydroxylation is 1. The molecule has 0 saturated carbocycles. The van der Waals surface area contributed by atoms with E-state index in [1.54, 1.807) is 0 Å². The molecule has 1 aliphatic rings. The first kappa shape index (κ1) is 15.7. The van der Waals surface area contributed by atoms with Gasteiger partial charge in [-0.05, 0) is 57.4 Å². The number of hydrogen-bond donors (Lipinski definition) is 1. The molecule has 0 unspecified atom stereocenters. The summed E-state index contributed by atoms with van der Waals surface area (Å²) < 4.78 is 0. The van der Waals surface area contributed by atoms with Crippen LogP contribution in [0.25, 0.3) is 0 Å². The van der Waals surface area contributed by atoms with Crippen molar-refractivity contribution in [2.75, 3.05) is 42.9 Å². The topological polar surface area (TPSA) is 35.6 Å². The average molecular weight is 289 g/mol. The second-order valence-electron chi connectivity index (χ2n) is 5.61. The summed E-state index contributed by atoms with van der Waals surface area (Å²) in [5, 5.41) is 3.28. The Kier molecular flexibility index (Phi) is 5.48. The lowest BCUT2D eigenvalue weighted by Gasteiger charge is -2.22. The van der Waals surface area contributed by atoms with Gasteiger partial charge in [0.05, 0.1) is 6.54 Å². The van der Waals surface area contributed by atoms with Crippen LogP contribution in [0.5, 0.6) is 0 Å². The Hall–Kier alpha value is -1.71. The number of anilines is 2. The van der Waals surface area contributed by atoms with Crippen molar-refractivity contribution in [3.05, 3.63) is 23.8 Å². The fourth-order valence-corrected chi connectivity index (χ4v) is 2.88. The molecule has 4 nitrogen and oxygen atoms in total. The van der Waals surface area contributed by atoms with E-state index in [0.29, 0.717) is 6.54 Å². The van der Waals surface area contributed by atoms with Crippen molar-refractivity contribution >= 4 is 17.3 Å². The minimum atomic E-state index is 0.208. The number of carbonyl (C=O) groups is 1. The molecule has 1 amide bonds. The highest BCUT2D eigenvalue weighted by atomic mass is 16.2. The normalized spacial score (nSPS) is 14.3. The first-order valence-corrected chi connectivity index (χ1v) is 8.03. The van der Waals surface area contributed by atoms with Gasteiger partial charge in [-0.2, -0.15) is 0 Å². The summed E-state index contributed by atoms with van der Waals surface area (Å²) in [6.07, 6.45) is 2.28. The van der Waals surface area contributed by atoms with Crippen LogP contribution in [-0.2, 0) is 4.79 Å². The second-order valence-corrected chi connectivity index (χ2v) is 5.61. The molecular weight excluding hydrogens is 262 g/mol. The van der Waals surface area contributed by atoms with Gasteiger partial charge in [0, 0.05) is 37.6 Å². The molecule has 1 N–H and O–H groups in total. The van der Waals surface area contributed by atoms with Gasteiger partial charge in [-0.3, -0.25) is 4.79 Å². The molecule has 1 aromatic rings. The van der Waals surface area contributed by atoms with Crippen LogP contribution in [-0.4, -0.2) is 43.5 Å². The van der Waals surface area contributed by atoms with Crippen LogP contribution in [0, 0.1) is 6.92 Å². The number of amides is 1. The van der Waals surface area contributed by atoms with E-state index < -0.39 is 0 Å². The highest BCUT2D eigenvalue weighted by molar-refractivity contribution is 5.81. The van der Waals surface area contributed by atoms with Crippen molar-refractivity contribution in [2.24, 2.45) is 0 Å². The van der Waals surface area contributed by atoms with Crippen LogP contribution in [0.4, 0.5) is 11.4 Å². The highest BCUT2D eigenvalue weighted by Gasteiger charge is 2.17. The third-order valence-corrected chi connectivity index (χ3v) is 4.23. The highest BCUT2D eigenvalue weighted by Crippen LogP contribution is 2.22. The predicted octanol–water partition coefficient (Wildman–Crippen LogP) is 2.88. The van der Waals surface area contributed by atoms with Crippen molar-refractivity contribution < 1.29 is 4.79 Å². The number of benzene rings is 1. The smallest absolute Gasteiger partial charge is 0.241 e. The summed E-state index contributed by atoms with van der Waals surface area (Å²) in [5.74, 6) is 0.208. The minimum Gasteiger partial charge on any atom is -0.376 e. The van der Waals surface area contributed by atoms with E-state index >= 15 is 0 Å². The van der Waals surface area contributed by atoms with Crippen LogP contribution in [0.2, 0.25) is 0 Å². The Bertz CT molecular complexity index is 477. The summed E-state index contributed by atoms with van der Waals surface area (Å²) in [4.78, 5) is 16.3. The largest absolute Gasteiger partial charge is 0.376 e. The molecular formula is C17H27N3O. The summed E-state index contributed by atoms with van der Waals surface area (Å²) in [6.45, 7) is 10.7. The third-order valence-electron chi connectivity index (χ3n) is 4.23. The zero-order chi connectivity index (χ0) is 15.2. The average Bonchev–Trinajstić information content (AvgIpc) is 3.01. The standard InChI is InChI=1S/C17H27N3O/c1-4-19(5-2)15-8-9-16(14(3)12-15)18-13-17(21)20-10-6-7-11-20/h8-9,12,18H,4-7,10-11,13H2,1-3H3. The van der Waals surface area contributed by atoms with Gasteiger partial charge in [-0.15, -0.1) is 0 Å². The zero-order valence-corrected chi connectivity index (χ0v) is 13.5. The fraction of sp³-hybridized carbons (Fsp3) is 0.588. The lowest BCUT2D eigenvalue weighted by atomic mass is 10.1. The summed E-state index contributed by atoms with van der Waals surface area (Å²) in [7, 11) is 0. The molecule has 0 aromatic heterocycles. The number of nitrogens with zero attached hydrogens (tertiary/aromatic N) is 2. The van der Waals surface area contributed by atoms with Crippen molar-refractivity contribution in [1.82, 2.24) is 4.90 Å². The van der Waals surface area contributed by atoms with E-state index in [2.05, 4.69) is 49.2 Å². The Morgan fingerprint density at radius 3 is 2.48 bits per heavy atom. The first-order chi connectivity index (χ1) is 10.2. The van der Waals surface area contributed by atoms with Gasteiger partial charge >= 0.3 is 0 Å². The first-order valence-electron chi connectivity index (χ1n) is 8.03. The summed E-state index contributed by atoms with van der Waals surface area (Å²) in [5.41, 5.74) is 3.49. The van der Waals surface area contributed by atoms with Gasteiger partial charge < -0.3 is 15.1 Å². The van der Waals surface area contributed by atoms with Gasteiger partial charge in [-0.1, -0.05) is 0 Å². The van der Waals surface area contributed by atoms with Crippen molar-refractivity contribution in [2.45, 2.75) is 33.6 Å². The molecule has 0 atom stereocenters. The molecule has 116 valence electrons. The van der Waals surface area contributed by atoms with Gasteiger partial charge in [-0.25, -0.2) is 0 Å². The molecule has 1 aliphatic heterocycles. The van der Waals surface area contributed by atoms with E-state index in [1.807, 2.05) is 4.90 Å². The Balaban J connectivity index is 1.95. The maximum absolute atomic E-state index is 12.1. The van der Waals surface area contributed by atoms with Crippen LogP contribution >= 0.6 is 0 Å². The van der Waals surface area contributed by atoms with Crippen molar-refractivity contribution in [1.29, 1.82) is 0 Å². The third kappa shape index (κ3) is 3.90. The van der Waals surface area contributed by atoms with Crippen LogP contribution < -0.4 is 10.2 Å². The van der Waals surface area contributed by atoms with Crippen molar-refractivity contribution in [3.63, 3.8) is 0 Å². The van der Waals surface area contributed by atoms with E-state index in [0.717, 1.165) is 44.7 Å². The second kappa shape index (κ2) is 7.34. The molecule has 2 rings (SSSR count). The Morgan fingerprint density at radius 1 is 1.24 bits per heavy atom. The minimum absolute atomic E-state index is 0.208. The molecule has 21 heavy (non-hydrogen) atoms. The van der Waals surface area contributed by atoms with Crippen LogP contribution in [0.15, 0.2) is 18.2 Å². The maximum Gasteiger partial charge on any atom is 0.241 e. The van der Waals surface area contributed by atoms with Crippen LogP contribution in [0.3, 0.4) is 0 Å². The number of carbonyl (C=O) groups excluding carboxylic acids is 1. The van der Waals surface area contributed by atoms with E-state index in [1.165, 1.54) is 11.3 Å². The molecule has 0 aliphatic carbocycles. The molecule has 0 spiro atoms. The molecule has 1 heterocycles. The number of hydrogen-bond acceptors (Lipinski definition) is 3. The van der Waals surface area contributed by atoms with E-state index in [-0.39, 0.29) is 5.91 Å². The lowest BCUT2D eigenvalue weighted by molar-refractivity contribution is -0.128. The van der Waals surface area contributed by atoms with Gasteiger partial charge in [0.15, 0.2) is 0 Å². The molecule has 0 bridgehead atoms. The Labute approximate surface area is 128 Å². The quantitative estimate of drug-likeness (QED) is 0.874. The van der Waals surface area contributed by atoms with Gasteiger partial charge in [0.2, 0.25) is 5.91 Å². The van der Waals surface area contributed by atoms with Crippen molar-refractivity contribution in [3.8, 4) is 0 Å². The summed E-state index contributed by atoms with van der Waals surface area (Å²) >= 11 is 0. The number of rotatable bonds is 6. The van der Waals surface area contributed by atoms with Crippen LogP contribution in [0.1, 0.15) is 32.3 Å². The number of likely N-dealkylation sites (tertiary alicyclic amines) is 1. The Morgan fingerprint density at radius 2 is 1.90 bits per heavy atom. The summed E-state index contributed by atoms with van der Waals surface area (Å²) in [6, 6.07) is 6.40.